The topological polar surface area (TPSA) is 141 Å². The fourth-order valence-electron chi connectivity index (χ4n) is 3.66. The summed E-state index contributed by atoms with van der Waals surface area (Å²) in [5.74, 6) is -0.611. The fourth-order valence-corrected chi connectivity index (χ4v) is 4.53. The summed E-state index contributed by atoms with van der Waals surface area (Å²) in [7, 11) is -1.48. The summed E-state index contributed by atoms with van der Waals surface area (Å²) < 4.78 is 48.9. The molecule has 11 nitrogen and oxygen atoms in total. The highest BCUT2D eigenvalue weighted by atomic mass is 31.1. The third-order valence-corrected chi connectivity index (χ3v) is 7.11. The molecule has 3 atom stereocenters. The molecular weight excluding hydrogens is 504 g/mol. The third kappa shape index (κ3) is 10.6. The predicted molar refractivity (Wildman–Crippen MR) is 139 cm³/mol. The van der Waals surface area contributed by atoms with Gasteiger partial charge in [-0.3, -0.25) is 9.09 Å². The van der Waals surface area contributed by atoms with Crippen molar-refractivity contribution in [3.63, 3.8) is 0 Å². The average Bonchev–Trinajstić information content (AvgIpc) is 3.28. The number of unbranched alkanes of at least 4 members (excludes halogenated alkanes) is 7. The van der Waals surface area contributed by atoms with Gasteiger partial charge in [-0.25, -0.2) is 9.78 Å². The zero-order valence-electron chi connectivity index (χ0n) is 22.3. The molecule has 0 aromatic carbocycles. The van der Waals surface area contributed by atoms with E-state index in [0.717, 1.165) is 19.3 Å². The number of nitrogens with two attached hydrogens (primary N) is 1. The number of methoxy groups -OCH3 is 1. The molecule has 13 heteroatoms. The van der Waals surface area contributed by atoms with Crippen LogP contribution < -0.4 is 5.73 Å². The number of carbonyl (C=O) groups is 1. The van der Waals surface area contributed by atoms with Gasteiger partial charge < -0.3 is 24.3 Å². The number of fused-ring (bicyclic) bond motifs is 1. The van der Waals surface area contributed by atoms with Gasteiger partial charge in [-0.1, -0.05) is 51.9 Å². The van der Waals surface area contributed by atoms with Crippen LogP contribution in [0.15, 0.2) is 6.33 Å². The van der Waals surface area contributed by atoms with E-state index in [-0.39, 0.29) is 18.1 Å². The normalized spacial score (nSPS) is 14.9. The van der Waals surface area contributed by atoms with E-state index in [0.29, 0.717) is 25.1 Å². The van der Waals surface area contributed by atoms with Crippen molar-refractivity contribution in [3.05, 3.63) is 12.4 Å². The lowest BCUT2D eigenvalue weighted by molar-refractivity contribution is -0.151. The zero-order chi connectivity index (χ0) is 27.3. The number of aryl methyl sites for hydroxylation is 1. The minimum absolute atomic E-state index is 0.0414. The van der Waals surface area contributed by atoms with Gasteiger partial charge in [-0.05, 0) is 26.7 Å². The first kappa shape index (κ1) is 31.1. The number of hydrogen-bond acceptors (Lipinski definition) is 10. The molecule has 2 aromatic heterocycles. The lowest BCUT2D eigenvalue weighted by Crippen LogP contribution is -2.34. The largest absolute Gasteiger partial charge is 0.464 e. The van der Waals surface area contributed by atoms with Crippen molar-refractivity contribution in [2.75, 3.05) is 26.1 Å². The van der Waals surface area contributed by atoms with E-state index in [1.807, 2.05) is 0 Å². The molecular formula is C24H41FN5O6P. The van der Waals surface area contributed by atoms with Gasteiger partial charge in [0.1, 0.15) is 5.52 Å². The van der Waals surface area contributed by atoms with E-state index in [4.69, 9.17) is 24.3 Å². The Morgan fingerprint density at radius 2 is 1.86 bits per heavy atom. The number of halogens is 1. The number of imidazole rings is 1. The molecule has 1 unspecified atom stereocenters. The second-order valence-corrected chi connectivity index (χ2v) is 10.4. The van der Waals surface area contributed by atoms with Crippen molar-refractivity contribution < 1.29 is 32.3 Å². The first-order valence-electron chi connectivity index (χ1n) is 12.9. The molecule has 2 N–H and O–H groups in total. The average molecular weight is 546 g/mol. The molecule has 2 aromatic rings. The molecule has 0 amide bonds. The van der Waals surface area contributed by atoms with Crippen molar-refractivity contribution in [3.8, 4) is 0 Å². The zero-order valence-corrected chi connectivity index (χ0v) is 23.3. The molecule has 0 radical (unpaired) electrons. The van der Waals surface area contributed by atoms with Gasteiger partial charge in [0.15, 0.2) is 17.6 Å². The molecule has 0 aliphatic rings. The molecule has 0 fully saturated rings. The van der Waals surface area contributed by atoms with E-state index >= 15 is 0 Å². The number of carbonyl (C=O) groups excluding carboxylic acids is 1. The Hall–Kier alpha value is -2.14. The highest BCUT2D eigenvalue weighted by Crippen LogP contribution is 2.30. The van der Waals surface area contributed by atoms with Gasteiger partial charge in [0.25, 0.3) is 0 Å². The summed E-state index contributed by atoms with van der Waals surface area (Å²) >= 11 is 0. The van der Waals surface area contributed by atoms with Gasteiger partial charge in [0, 0.05) is 13.7 Å². The van der Waals surface area contributed by atoms with Crippen molar-refractivity contribution in [1.29, 1.82) is 0 Å². The first-order valence-corrected chi connectivity index (χ1v) is 14.1. The van der Waals surface area contributed by atoms with Gasteiger partial charge in [0.05, 0.1) is 25.1 Å². The maximum atomic E-state index is 13.6. The molecule has 0 bridgehead atoms. The first-order chi connectivity index (χ1) is 17.7. The van der Waals surface area contributed by atoms with Crippen molar-refractivity contribution in [1.82, 2.24) is 19.5 Å². The van der Waals surface area contributed by atoms with Crippen molar-refractivity contribution in [2.24, 2.45) is 0 Å². The van der Waals surface area contributed by atoms with Crippen LogP contribution in [0.3, 0.4) is 0 Å². The van der Waals surface area contributed by atoms with Gasteiger partial charge in [-0.2, -0.15) is 14.4 Å². The maximum Gasteiger partial charge on any atom is 0.335 e. The molecule has 0 saturated heterocycles. The summed E-state index contributed by atoms with van der Waals surface area (Å²) in [5.41, 5.74) is 5.41. The molecule has 0 aliphatic carbocycles. The smallest absolute Gasteiger partial charge is 0.335 e. The van der Waals surface area contributed by atoms with Crippen LogP contribution in [0.1, 0.15) is 78.6 Å². The summed E-state index contributed by atoms with van der Waals surface area (Å²) in [6, 6.07) is 0. The minimum atomic E-state index is -2.98. The van der Waals surface area contributed by atoms with Crippen LogP contribution in [-0.2, 0) is 34.4 Å². The van der Waals surface area contributed by atoms with Crippen LogP contribution in [0.25, 0.3) is 11.2 Å². The van der Waals surface area contributed by atoms with Crippen LogP contribution in [0.5, 0.6) is 0 Å². The number of esters is 1. The number of aromatic nitrogens is 4. The SMILES string of the molecule is CCCCCCCCCCOC(=O)[C@H](C)O[PH](=O)OC[C@](C)(CCn1cnc2c(N)nc(F)nc21)OC. The molecule has 37 heavy (non-hydrogen) atoms. The van der Waals surface area contributed by atoms with E-state index in [1.54, 1.807) is 11.5 Å². The summed E-state index contributed by atoms with van der Waals surface area (Å²) in [5, 5.41) is 0. The standard InChI is InChI=1S/C24H41FN5O6P/c1-5-6-7-8-9-10-11-12-15-34-22(31)18(2)36-37(32)35-16-24(3,33-4)13-14-30-17-27-19-20(26)28-23(25)29-21(19)30/h17-18,37H,5-16H2,1-4H3,(H2,26,28,29)/t18-,24-/m0/s1. The van der Waals surface area contributed by atoms with Gasteiger partial charge in [0.2, 0.25) is 0 Å². The molecule has 210 valence electrons. The number of nitrogen functional groups attached to an aromatic ring is 1. The van der Waals surface area contributed by atoms with E-state index in [1.165, 1.54) is 52.5 Å². The Labute approximate surface area is 218 Å². The maximum absolute atomic E-state index is 13.6. The summed E-state index contributed by atoms with van der Waals surface area (Å²) in [6.45, 7) is 6.06. The van der Waals surface area contributed by atoms with Crippen LogP contribution in [0.4, 0.5) is 10.2 Å². The van der Waals surface area contributed by atoms with E-state index in [2.05, 4.69) is 21.9 Å². The second-order valence-electron chi connectivity index (χ2n) is 9.33. The van der Waals surface area contributed by atoms with Gasteiger partial charge >= 0.3 is 20.3 Å². The number of hydrogen-bond donors (Lipinski definition) is 1. The predicted octanol–water partition coefficient (Wildman–Crippen LogP) is 4.84. The quantitative estimate of drug-likeness (QED) is 0.113. The highest BCUT2D eigenvalue weighted by Gasteiger charge is 2.27. The van der Waals surface area contributed by atoms with Crippen LogP contribution in [-0.4, -0.2) is 57.5 Å². The number of nitrogens with zero attached hydrogens (tertiary/aromatic N) is 4. The molecule has 0 aliphatic heterocycles. The Morgan fingerprint density at radius 3 is 2.54 bits per heavy atom. The molecule has 0 spiro atoms. The monoisotopic (exact) mass is 545 g/mol. The van der Waals surface area contributed by atoms with Crippen LogP contribution >= 0.6 is 8.25 Å². The summed E-state index contributed by atoms with van der Waals surface area (Å²) in [4.78, 5) is 23.5. The Morgan fingerprint density at radius 1 is 1.19 bits per heavy atom. The van der Waals surface area contributed by atoms with Crippen LogP contribution in [0.2, 0.25) is 0 Å². The van der Waals surface area contributed by atoms with E-state index < -0.39 is 32.0 Å². The molecule has 0 saturated carbocycles. The molecule has 2 heterocycles. The number of anilines is 1. The second kappa shape index (κ2) is 16.0. The Kier molecular flexibility index (Phi) is 13.4. The summed E-state index contributed by atoms with van der Waals surface area (Å²) in [6.07, 6.45) is 9.11. The fraction of sp³-hybridized carbons (Fsp3) is 0.750. The number of rotatable bonds is 19. The van der Waals surface area contributed by atoms with Crippen LogP contribution in [0, 0.1) is 6.08 Å². The lowest BCUT2D eigenvalue weighted by atomic mass is 10.0. The molecule has 2 rings (SSSR count). The van der Waals surface area contributed by atoms with Crippen molar-refractivity contribution in [2.45, 2.75) is 96.8 Å². The lowest BCUT2D eigenvalue weighted by Gasteiger charge is -2.28. The third-order valence-electron chi connectivity index (χ3n) is 6.18. The highest BCUT2D eigenvalue weighted by molar-refractivity contribution is 7.33. The minimum Gasteiger partial charge on any atom is -0.464 e. The van der Waals surface area contributed by atoms with Gasteiger partial charge in [-0.15, -0.1) is 0 Å². The van der Waals surface area contributed by atoms with Crippen molar-refractivity contribution >= 4 is 31.2 Å². The number of ether oxygens (including phenoxy) is 2. The van der Waals surface area contributed by atoms with E-state index in [9.17, 15) is 13.8 Å². The Balaban J connectivity index is 1.70. The Bertz CT molecular complexity index is 1010.